The Kier molecular flexibility index (Phi) is 4.22. The van der Waals surface area contributed by atoms with Crippen LogP contribution in [0.25, 0.3) is 6.08 Å². The molecule has 0 fully saturated rings. The molecule has 1 heterocycles. The first-order valence-electron chi connectivity index (χ1n) is 7.62. The highest BCUT2D eigenvalue weighted by molar-refractivity contribution is 6.06. The monoisotopic (exact) mass is 309 g/mol. The average Bonchev–Trinajstić information content (AvgIpc) is 2.86. The Balaban J connectivity index is 2.07. The molecule has 0 radical (unpaired) electrons. The van der Waals surface area contributed by atoms with Crippen LogP contribution in [0.5, 0.6) is 0 Å². The van der Waals surface area contributed by atoms with Gasteiger partial charge < -0.3 is 0 Å². The quantitative estimate of drug-likeness (QED) is 0.622. The lowest BCUT2D eigenvalue weighted by atomic mass is 9.98. The number of allylic oxidation sites excluding steroid dienone is 6. The van der Waals surface area contributed by atoms with Crippen LogP contribution in [0.2, 0.25) is 0 Å². The third-order valence-corrected chi connectivity index (χ3v) is 3.86. The fraction of sp³-hybridized carbons (Fsp3) is 0.200. The minimum atomic E-state index is -0.878. The van der Waals surface area contributed by atoms with Crippen molar-refractivity contribution in [1.82, 2.24) is 0 Å². The Morgan fingerprint density at radius 1 is 1.17 bits per heavy atom. The molecule has 0 amide bonds. The number of hydrogen-bond acceptors (Lipinski definition) is 1. The minimum Gasteiger partial charge on any atom is -0.252 e. The second-order valence-corrected chi connectivity index (χ2v) is 5.89. The highest BCUT2D eigenvalue weighted by Gasteiger charge is 2.14. The molecule has 1 aliphatic heterocycles. The van der Waals surface area contributed by atoms with E-state index in [0.717, 1.165) is 22.9 Å². The topological polar surface area (TPSA) is 12.4 Å². The van der Waals surface area contributed by atoms with E-state index in [1.807, 2.05) is 24.3 Å². The molecule has 1 aromatic rings. The zero-order valence-electron chi connectivity index (χ0n) is 13.1. The maximum Gasteiger partial charge on any atom is 0.161 e. The molecule has 0 unspecified atom stereocenters. The van der Waals surface area contributed by atoms with Crippen molar-refractivity contribution >= 4 is 17.5 Å². The van der Waals surface area contributed by atoms with Crippen molar-refractivity contribution in [1.29, 1.82) is 0 Å². The SMILES string of the molecule is CC(C)C1=CC(C2=Nc3cc(F)c(F)cc3C=CC2)=CC=C=C1. The molecule has 0 saturated carbocycles. The molecule has 1 nitrogen and oxygen atoms in total. The summed E-state index contributed by atoms with van der Waals surface area (Å²) in [5.41, 5.74) is 7.13. The van der Waals surface area contributed by atoms with Gasteiger partial charge in [0.1, 0.15) is 0 Å². The van der Waals surface area contributed by atoms with E-state index >= 15 is 0 Å². The van der Waals surface area contributed by atoms with Crippen LogP contribution in [0.4, 0.5) is 14.5 Å². The van der Waals surface area contributed by atoms with Gasteiger partial charge in [0, 0.05) is 18.1 Å². The van der Waals surface area contributed by atoms with Crippen molar-refractivity contribution in [2.24, 2.45) is 10.9 Å². The summed E-state index contributed by atoms with van der Waals surface area (Å²) in [5.74, 6) is -1.36. The number of hydrogen-bond donors (Lipinski definition) is 0. The number of aliphatic imine (C=N–C) groups is 1. The van der Waals surface area contributed by atoms with Crippen molar-refractivity contribution < 1.29 is 8.78 Å². The normalized spacial score (nSPS) is 16.5. The first kappa shape index (κ1) is 15.4. The second kappa shape index (κ2) is 6.31. The highest BCUT2D eigenvalue weighted by Crippen LogP contribution is 2.29. The summed E-state index contributed by atoms with van der Waals surface area (Å²) in [6.45, 7) is 4.24. The van der Waals surface area contributed by atoms with Crippen molar-refractivity contribution in [3.63, 3.8) is 0 Å². The molecule has 0 atom stereocenters. The molecule has 2 aliphatic rings. The molecular weight excluding hydrogens is 292 g/mol. The van der Waals surface area contributed by atoms with Gasteiger partial charge in [-0.25, -0.2) is 8.78 Å². The van der Waals surface area contributed by atoms with E-state index in [0.29, 0.717) is 23.6 Å². The summed E-state index contributed by atoms with van der Waals surface area (Å²) in [7, 11) is 0. The summed E-state index contributed by atoms with van der Waals surface area (Å²) in [6.07, 6.45) is 12.2. The largest absolute Gasteiger partial charge is 0.252 e. The van der Waals surface area contributed by atoms with E-state index < -0.39 is 11.6 Å². The summed E-state index contributed by atoms with van der Waals surface area (Å²) in [4.78, 5) is 4.57. The van der Waals surface area contributed by atoms with Crippen LogP contribution in [-0.2, 0) is 0 Å². The standard InChI is InChI=1S/C20H17F2N/c1-13(2)14-6-3-4-7-15(10-14)19-9-5-8-16-11-17(21)18(22)12-20(16)23-19/h4-8,10-13H,9H2,1-2H3. The summed E-state index contributed by atoms with van der Waals surface area (Å²) in [5, 5.41) is 0. The summed E-state index contributed by atoms with van der Waals surface area (Å²) >= 11 is 0. The molecule has 3 rings (SSSR count). The zero-order valence-corrected chi connectivity index (χ0v) is 13.1. The van der Waals surface area contributed by atoms with E-state index in [1.165, 1.54) is 6.07 Å². The Bertz CT molecular complexity index is 829. The predicted octanol–water partition coefficient (Wildman–Crippen LogP) is 5.69. The van der Waals surface area contributed by atoms with E-state index in [2.05, 4.69) is 30.6 Å². The maximum atomic E-state index is 13.5. The van der Waals surface area contributed by atoms with Gasteiger partial charge in [-0.3, -0.25) is 4.99 Å². The molecule has 1 aromatic carbocycles. The average molecular weight is 309 g/mol. The van der Waals surface area contributed by atoms with Crippen LogP contribution in [0.15, 0.2) is 64.4 Å². The molecule has 0 saturated heterocycles. The second-order valence-electron chi connectivity index (χ2n) is 5.89. The smallest absolute Gasteiger partial charge is 0.161 e. The Hall–Kier alpha value is -2.51. The van der Waals surface area contributed by atoms with E-state index in [9.17, 15) is 8.78 Å². The van der Waals surface area contributed by atoms with Gasteiger partial charge in [-0.1, -0.05) is 26.0 Å². The van der Waals surface area contributed by atoms with Crippen molar-refractivity contribution in [3.8, 4) is 0 Å². The van der Waals surface area contributed by atoms with Crippen LogP contribution < -0.4 is 0 Å². The van der Waals surface area contributed by atoms with Crippen LogP contribution in [-0.4, -0.2) is 5.71 Å². The van der Waals surface area contributed by atoms with Gasteiger partial charge in [-0.15, -0.1) is 5.73 Å². The van der Waals surface area contributed by atoms with Gasteiger partial charge in [0.25, 0.3) is 0 Å². The maximum absolute atomic E-state index is 13.5. The van der Waals surface area contributed by atoms with Crippen LogP contribution >= 0.6 is 0 Å². The fourth-order valence-electron chi connectivity index (χ4n) is 2.52. The van der Waals surface area contributed by atoms with Crippen LogP contribution in [0.3, 0.4) is 0 Å². The first-order valence-corrected chi connectivity index (χ1v) is 7.62. The van der Waals surface area contributed by atoms with Gasteiger partial charge in [-0.05, 0) is 47.4 Å². The highest BCUT2D eigenvalue weighted by atomic mass is 19.2. The third-order valence-electron chi connectivity index (χ3n) is 3.86. The number of benzene rings is 1. The van der Waals surface area contributed by atoms with Crippen molar-refractivity contribution in [2.45, 2.75) is 20.3 Å². The Morgan fingerprint density at radius 3 is 2.74 bits per heavy atom. The zero-order chi connectivity index (χ0) is 16.4. The fourth-order valence-corrected chi connectivity index (χ4v) is 2.52. The third kappa shape index (κ3) is 3.30. The van der Waals surface area contributed by atoms with Gasteiger partial charge in [-0.2, -0.15) is 0 Å². The minimum absolute atomic E-state index is 0.373. The van der Waals surface area contributed by atoms with E-state index in [4.69, 9.17) is 0 Å². The molecule has 1 aliphatic carbocycles. The first-order chi connectivity index (χ1) is 11.0. The lowest BCUT2D eigenvalue weighted by Gasteiger charge is -2.09. The van der Waals surface area contributed by atoms with Crippen LogP contribution in [0.1, 0.15) is 25.8 Å². The van der Waals surface area contributed by atoms with E-state index in [-0.39, 0.29) is 0 Å². The molecule has 3 heteroatoms. The molecule has 0 aromatic heterocycles. The van der Waals surface area contributed by atoms with E-state index in [1.54, 1.807) is 6.08 Å². The van der Waals surface area contributed by atoms with Gasteiger partial charge >= 0.3 is 0 Å². The molecule has 23 heavy (non-hydrogen) atoms. The number of nitrogens with zero attached hydrogens (tertiary/aromatic N) is 1. The molecular formula is C20H17F2N. The molecule has 0 spiro atoms. The van der Waals surface area contributed by atoms with Gasteiger partial charge in [0.05, 0.1) is 11.4 Å². The van der Waals surface area contributed by atoms with Gasteiger partial charge in [0.15, 0.2) is 11.6 Å². The molecule has 0 N–H and O–H groups in total. The lowest BCUT2D eigenvalue weighted by molar-refractivity contribution is 0.509. The Labute approximate surface area is 134 Å². The number of fused-ring (bicyclic) bond motifs is 1. The van der Waals surface area contributed by atoms with Crippen molar-refractivity contribution in [3.05, 3.63) is 76.6 Å². The van der Waals surface area contributed by atoms with Crippen molar-refractivity contribution in [2.75, 3.05) is 0 Å². The summed E-state index contributed by atoms with van der Waals surface area (Å²) < 4.78 is 26.9. The summed E-state index contributed by atoms with van der Waals surface area (Å²) in [6, 6.07) is 2.34. The molecule has 116 valence electrons. The number of rotatable bonds is 2. The van der Waals surface area contributed by atoms with Crippen LogP contribution in [0, 0.1) is 17.6 Å². The van der Waals surface area contributed by atoms with Gasteiger partial charge in [0.2, 0.25) is 0 Å². The predicted molar refractivity (Wildman–Crippen MR) is 90.8 cm³/mol. The Morgan fingerprint density at radius 2 is 1.96 bits per heavy atom. The lowest BCUT2D eigenvalue weighted by Crippen LogP contribution is -2.01. The molecule has 0 bridgehead atoms. The number of halogens is 2.